The van der Waals surface area contributed by atoms with Crippen molar-refractivity contribution >= 4 is 33.5 Å². The van der Waals surface area contributed by atoms with Gasteiger partial charge in [0.05, 0.1) is 23.2 Å². The van der Waals surface area contributed by atoms with Crippen molar-refractivity contribution in [3.8, 4) is 27.7 Å². The number of carboxylic acid groups (broad SMARTS) is 1. The Morgan fingerprint density at radius 2 is 1.85 bits per heavy atom. The van der Waals surface area contributed by atoms with Gasteiger partial charge in [0, 0.05) is 21.7 Å². The van der Waals surface area contributed by atoms with E-state index >= 15 is 0 Å². The molecule has 5 nitrogen and oxygen atoms in total. The molecule has 0 fully saturated rings. The summed E-state index contributed by atoms with van der Waals surface area (Å²) in [4.78, 5) is 14.6. The van der Waals surface area contributed by atoms with Crippen LogP contribution in [0, 0.1) is 5.82 Å². The van der Waals surface area contributed by atoms with Gasteiger partial charge in [-0.2, -0.15) is 13.2 Å². The summed E-state index contributed by atoms with van der Waals surface area (Å²) in [6, 6.07) is 11.7. The van der Waals surface area contributed by atoms with Crippen LogP contribution in [0.2, 0.25) is 0 Å². The van der Waals surface area contributed by atoms with Crippen LogP contribution in [0.1, 0.15) is 11.3 Å². The van der Waals surface area contributed by atoms with Crippen LogP contribution in [0.3, 0.4) is 0 Å². The monoisotopic (exact) mass is 489 g/mol. The summed E-state index contributed by atoms with van der Waals surface area (Å²) in [5, 5.41) is 19.1. The molecule has 0 radical (unpaired) electrons. The first-order valence-electron chi connectivity index (χ1n) is 9.75. The van der Waals surface area contributed by atoms with Gasteiger partial charge in [0.15, 0.2) is 5.75 Å². The molecule has 2 N–H and O–H groups in total. The van der Waals surface area contributed by atoms with E-state index in [1.807, 2.05) is 0 Å². The van der Waals surface area contributed by atoms with Gasteiger partial charge in [0.25, 0.3) is 0 Å². The molecule has 0 aliphatic heterocycles. The lowest BCUT2D eigenvalue weighted by Crippen LogP contribution is -2.13. The molecular formula is C24H15F4NO4S. The highest BCUT2D eigenvalue weighted by Crippen LogP contribution is 2.48. The van der Waals surface area contributed by atoms with E-state index in [4.69, 9.17) is 9.84 Å². The zero-order chi connectivity index (χ0) is 24.5. The Kier molecular flexibility index (Phi) is 6.25. The maximum atomic E-state index is 14.0. The number of aliphatic carboxylic acids is 1. The van der Waals surface area contributed by atoms with Crippen LogP contribution in [0.4, 0.5) is 17.6 Å². The van der Waals surface area contributed by atoms with E-state index in [0.29, 0.717) is 21.4 Å². The Morgan fingerprint density at radius 3 is 2.53 bits per heavy atom. The highest BCUT2D eigenvalue weighted by atomic mass is 32.1. The standard InChI is InChI=1S/C24H15F4NO4S/c25-14-9-18(19(29-12-14)11-24(26,27)28)23-22(17-7-4-15(30)10-20(17)34-23)33-16-5-1-13(2-6-16)3-8-21(31)32/h1-10,12,30H,11H2,(H,31,32)/b8-3+. The van der Waals surface area contributed by atoms with Gasteiger partial charge < -0.3 is 14.9 Å². The van der Waals surface area contributed by atoms with E-state index in [-0.39, 0.29) is 27.6 Å². The Morgan fingerprint density at radius 1 is 1.12 bits per heavy atom. The van der Waals surface area contributed by atoms with Gasteiger partial charge in [-0.15, -0.1) is 11.3 Å². The summed E-state index contributed by atoms with van der Waals surface area (Å²) in [5.74, 6) is -1.44. The third-order valence-corrected chi connectivity index (χ3v) is 5.86. The molecule has 2 aromatic heterocycles. The van der Waals surface area contributed by atoms with Gasteiger partial charge in [0.2, 0.25) is 0 Å². The Bertz CT molecular complexity index is 1390. The molecule has 0 saturated heterocycles. The van der Waals surface area contributed by atoms with Crippen LogP contribution in [0.25, 0.3) is 26.6 Å². The zero-order valence-corrected chi connectivity index (χ0v) is 18.0. The number of rotatable bonds is 6. The second kappa shape index (κ2) is 9.14. The summed E-state index contributed by atoms with van der Waals surface area (Å²) >= 11 is 1.04. The van der Waals surface area contributed by atoms with Gasteiger partial charge in [0.1, 0.15) is 17.3 Å². The maximum absolute atomic E-state index is 14.0. The number of aromatic nitrogens is 1. The normalized spacial score (nSPS) is 11.9. The number of ether oxygens (including phenoxy) is 1. The summed E-state index contributed by atoms with van der Waals surface area (Å²) in [6.45, 7) is 0. The number of thiophene rings is 1. The largest absolute Gasteiger partial charge is 0.508 e. The number of halogens is 4. The predicted octanol–water partition coefficient (Wildman–Crippen LogP) is 6.80. The number of benzene rings is 2. The number of phenolic OH excluding ortho intramolecular Hbond substituents is 1. The first-order valence-corrected chi connectivity index (χ1v) is 10.6. The first-order chi connectivity index (χ1) is 16.1. The molecular weight excluding hydrogens is 474 g/mol. The molecule has 0 spiro atoms. The molecule has 0 aliphatic carbocycles. The molecule has 4 aromatic rings. The average molecular weight is 489 g/mol. The minimum absolute atomic E-state index is 0.0469. The molecule has 34 heavy (non-hydrogen) atoms. The van der Waals surface area contributed by atoms with E-state index in [1.54, 1.807) is 30.3 Å². The third-order valence-electron chi connectivity index (χ3n) is 4.70. The molecule has 2 aromatic carbocycles. The topological polar surface area (TPSA) is 79.7 Å². The van der Waals surface area contributed by atoms with E-state index in [9.17, 15) is 27.5 Å². The summed E-state index contributed by atoms with van der Waals surface area (Å²) in [7, 11) is 0. The fourth-order valence-electron chi connectivity index (χ4n) is 3.27. The fourth-order valence-corrected chi connectivity index (χ4v) is 4.47. The minimum Gasteiger partial charge on any atom is -0.508 e. The predicted molar refractivity (Wildman–Crippen MR) is 120 cm³/mol. The lowest BCUT2D eigenvalue weighted by molar-refractivity contribution is -0.131. The number of carbonyl (C=O) groups is 1. The zero-order valence-electron chi connectivity index (χ0n) is 17.1. The van der Waals surface area contributed by atoms with Crippen molar-refractivity contribution in [1.82, 2.24) is 4.98 Å². The van der Waals surface area contributed by atoms with E-state index in [2.05, 4.69) is 4.98 Å². The van der Waals surface area contributed by atoms with Crippen LogP contribution in [-0.2, 0) is 11.2 Å². The van der Waals surface area contributed by atoms with Gasteiger partial charge in [-0.05, 0) is 48.0 Å². The first kappa shape index (κ1) is 23.2. The highest BCUT2D eigenvalue weighted by molar-refractivity contribution is 7.22. The minimum atomic E-state index is -4.56. The molecule has 174 valence electrons. The van der Waals surface area contributed by atoms with E-state index in [1.165, 1.54) is 18.2 Å². The van der Waals surface area contributed by atoms with Crippen molar-refractivity contribution in [2.24, 2.45) is 0 Å². The number of hydrogen-bond donors (Lipinski definition) is 2. The van der Waals surface area contributed by atoms with Gasteiger partial charge in [-0.25, -0.2) is 9.18 Å². The molecule has 0 atom stereocenters. The maximum Gasteiger partial charge on any atom is 0.394 e. The summed E-state index contributed by atoms with van der Waals surface area (Å²) in [5.41, 5.74) is 0.176. The van der Waals surface area contributed by atoms with Crippen LogP contribution in [0.5, 0.6) is 17.2 Å². The van der Waals surface area contributed by atoms with Crippen LogP contribution >= 0.6 is 11.3 Å². The molecule has 0 amide bonds. The average Bonchev–Trinajstić information content (AvgIpc) is 3.10. The Hall–Kier alpha value is -3.92. The van der Waals surface area contributed by atoms with Crippen LogP contribution < -0.4 is 4.74 Å². The van der Waals surface area contributed by atoms with Crippen molar-refractivity contribution < 1.29 is 37.3 Å². The lowest BCUT2D eigenvalue weighted by atomic mass is 10.1. The van der Waals surface area contributed by atoms with Crippen molar-refractivity contribution in [2.45, 2.75) is 12.6 Å². The van der Waals surface area contributed by atoms with Crippen molar-refractivity contribution in [3.05, 3.63) is 77.9 Å². The molecule has 0 aliphatic rings. The number of fused-ring (bicyclic) bond motifs is 1. The van der Waals surface area contributed by atoms with Crippen molar-refractivity contribution in [1.29, 1.82) is 0 Å². The van der Waals surface area contributed by atoms with E-state index in [0.717, 1.165) is 29.7 Å². The smallest absolute Gasteiger partial charge is 0.394 e. The third kappa shape index (κ3) is 5.34. The Balaban J connectivity index is 1.82. The summed E-state index contributed by atoms with van der Waals surface area (Å²) < 4.78 is 60.1. The van der Waals surface area contributed by atoms with Crippen molar-refractivity contribution in [2.75, 3.05) is 0 Å². The van der Waals surface area contributed by atoms with Gasteiger partial charge >= 0.3 is 12.1 Å². The van der Waals surface area contributed by atoms with Gasteiger partial charge in [-0.1, -0.05) is 12.1 Å². The molecule has 2 heterocycles. The second-order valence-electron chi connectivity index (χ2n) is 7.22. The molecule has 0 saturated carbocycles. The molecule has 4 rings (SSSR count). The number of alkyl halides is 3. The fraction of sp³-hybridized carbons (Fsp3) is 0.0833. The SMILES string of the molecule is O=C(O)/C=C/c1ccc(Oc2c(-c3cc(F)cnc3CC(F)(F)F)sc3cc(O)ccc23)cc1. The van der Waals surface area contributed by atoms with Gasteiger partial charge in [-0.3, -0.25) is 4.98 Å². The number of hydrogen-bond acceptors (Lipinski definition) is 5. The highest BCUT2D eigenvalue weighted by Gasteiger charge is 2.31. The summed E-state index contributed by atoms with van der Waals surface area (Å²) in [6.07, 6.45) is -2.82. The van der Waals surface area contributed by atoms with E-state index < -0.39 is 24.4 Å². The molecule has 0 unspecified atom stereocenters. The molecule has 0 bridgehead atoms. The number of pyridine rings is 1. The van der Waals surface area contributed by atoms with Crippen molar-refractivity contribution in [3.63, 3.8) is 0 Å². The lowest BCUT2D eigenvalue weighted by Gasteiger charge is -2.13. The number of nitrogens with zero attached hydrogens (tertiary/aromatic N) is 1. The number of aromatic hydroxyl groups is 1. The van der Waals surface area contributed by atoms with Crippen LogP contribution in [0.15, 0.2) is 60.8 Å². The molecule has 10 heteroatoms. The number of phenols is 1. The second-order valence-corrected chi connectivity index (χ2v) is 8.28. The number of carboxylic acids is 1. The quantitative estimate of drug-likeness (QED) is 0.230. The Labute approximate surface area is 194 Å². The van der Waals surface area contributed by atoms with Crippen LogP contribution in [-0.4, -0.2) is 27.3 Å².